The van der Waals surface area contributed by atoms with Gasteiger partial charge in [-0.15, -0.1) is 5.10 Å². The predicted molar refractivity (Wildman–Crippen MR) is 89.1 cm³/mol. The number of fused-ring (bicyclic) bond motifs is 1. The second kappa shape index (κ2) is 5.42. The van der Waals surface area contributed by atoms with Crippen LogP contribution in [0.5, 0.6) is 0 Å². The second-order valence-electron chi connectivity index (χ2n) is 5.08. The quantitative estimate of drug-likeness (QED) is 0.595. The molecular weight excluding hydrogens is 348 g/mol. The van der Waals surface area contributed by atoms with Gasteiger partial charge in [-0.05, 0) is 40.2 Å². The maximum Gasteiger partial charge on any atom is 0.181 e. The Kier molecular flexibility index (Phi) is 3.36. The minimum Gasteiger partial charge on any atom is -0.253 e. The molecule has 0 saturated heterocycles. The third-order valence-electron chi connectivity index (χ3n) is 3.49. The number of nitrogens with zero attached hydrogens (tertiary/aromatic N) is 5. The van der Waals surface area contributed by atoms with Crippen molar-refractivity contribution >= 4 is 32.4 Å². The Bertz CT molecular complexity index is 1140. The summed E-state index contributed by atoms with van der Waals surface area (Å²) in [7, 11) is -3.48. The molecular formula is C14H10N6O2S2. The molecule has 0 amide bonds. The number of pyridine rings is 1. The van der Waals surface area contributed by atoms with E-state index in [0.717, 1.165) is 16.6 Å². The van der Waals surface area contributed by atoms with Crippen LogP contribution in [-0.4, -0.2) is 44.7 Å². The first-order chi connectivity index (χ1) is 11.6. The Morgan fingerprint density at radius 3 is 2.79 bits per heavy atom. The lowest BCUT2D eigenvalue weighted by Gasteiger charge is -2.10. The van der Waals surface area contributed by atoms with Crippen LogP contribution in [0, 0.1) is 0 Å². The summed E-state index contributed by atoms with van der Waals surface area (Å²) < 4.78 is 28.8. The van der Waals surface area contributed by atoms with E-state index in [4.69, 9.17) is 0 Å². The second-order valence-corrected chi connectivity index (χ2v) is 7.84. The van der Waals surface area contributed by atoms with E-state index in [1.807, 2.05) is 12.1 Å². The number of sulfone groups is 1. The topological polar surface area (TPSA) is 114 Å². The average Bonchev–Trinajstić information content (AvgIpc) is 3.23. The Hall–Kier alpha value is -2.72. The van der Waals surface area contributed by atoms with E-state index in [1.54, 1.807) is 18.3 Å². The Morgan fingerprint density at radius 1 is 1.17 bits per heavy atom. The summed E-state index contributed by atoms with van der Waals surface area (Å²) >= 11 is 1.26. The number of tetrazole rings is 1. The Balaban J connectivity index is 2.10. The molecule has 0 aliphatic rings. The fourth-order valence-electron chi connectivity index (χ4n) is 2.50. The first-order valence-corrected chi connectivity index (χ1v) is 9.50. The van der Waals surface area contributed by atoms with Crippen LogP contribution in [0.4, 0.5) is 0 Å². The molecule has 0 radical (unpaired) electrons. The van der Waals surface area contributed by atoms with Crippen molar-refractivity contribution < 1.29 is 8.42 Å². The lowest BCUT2D eigenvalue weighted by Crippen LogP contribution is -2.02. The maximum atomic E-state index is 12.2. The van der Waals surface area contributed by atoms with Crippen LogP contribution in [0.15, 0.2) is 41.4 Å². The normalized spacial score (nSPS) is 11.9. The van der Waals surface area contributed by atoms with Crippen molar-refractivity contribution in [2.75, 3.05) is 6.26 Å². The van der Waals surface area contributed by atoms with Crippen molar-refractivity contribution in [2.24, 2.45) is 0 Å². The minimum absolute atomic E-state index is 0.149. The van der Waals surface area contributed by atoms with Crippen LogP contribution in [0.25, 0.3) is 32.9 Å². The lowest BCUT2D eigenvalue weighted by molar-refractivity contribution is 0.602. The molecule has 0 atom stereocenters. The standard InChI is InChI=1S/C14H10N6O2S2/c1-24(21,22)10-6-2-4-8(11(10)14-16-19-20-17-14)13-12-9(18-23-13)5-3-7-15-12/h2-7H,1H3,(H,16,17,19,20). The van der Waals surface area contributed by atoms with Crippen LogP contribution < -0.4 is 0 Å². The summed E-state index contributed by atoms with van der Waals surface area (Å²) in [6.07, 6.45) is 2.83. The first kappa shape index (κ1) is 14.8. The van der Waals surface area contributed by atoms with Gasteiger partial charge in [0.05, 0.1) is 9.77 Å². The third kappa shape index (κ3) is 2.36. The number of benzene rings is 1. The SMILES string of the molecule is CS(=O)(=O)c1cccc(-c2snc3cccnc23)c1-c1nnn[nH]1. The van der Waals surface area contributed by atoms with Crippen LogP contribution >= 0.6 is 11.5 Å². The monoisotopic (exact) mass is 358 g/mol. The van der Waals surface area contributed by atoms with E-state index in [2.05, 4.69) is 30.0 Å². The number of hydrogen-bond acceptors (Lipinski definition) is 8. The molecule has 0 aliphatic heterocycles. The smallest absolute Gasteiger partial charge is 0.181 e. The van der Waals surface area contributed by atoms with Gasteiger partial charge in [0.1, 0.15) is 11.0 Å². The summed E-state index contributed by atoms with van der Waals surface area (Å²) in [4.78, 5) is 5.28. The van der Waals surface area contributed by atoms with Crippen LogP contribution in [0.2, 0.25) is 0 Å². The number of H-pyrrole nitrogens is 1. The molecule has 4 aromatic rings. The van der Waals surface area contributed by atoms with Gasteiger partial charge < -0.3 is 0 Å². The van der Waals surface area contributed by atoms with E-state index in [0.29, 0.717) is 16.6 Å². The molecule has 10 heteroatoms. The van der Waals surface area contributed by atoms with Gasteiger partial charge in [-0.1, -0.05) is 12.1 Å². The highest BCUT2D eigenvalue weighted by Crippen LogP contribution is 2.39. The van der Waals surface area contributed by atoms with Gasteiger partial charge in [-0.3, -0.25) is 4.98 Å². The fraction of sp³-hybridized carbons (Fsp3) is 0.0714. The molecule has 0 spiro atoms. The van der Waals surface area contributed by atoms with E-state index in [1.165, 1.54) is 17.6 Å². The highest BCUT2D eigenvalue weighted by molar-refractivity contribution is 7.90. The molecule has 0 bridgehead atoms. The zero-order valence-corrected chi connectivity index (χ0v) is 14.0. The highest BCUT2D eigenvalue weighted by atomic mass is 32.2. The van der Waals surface area contributed by atoms with Crippen molar-refractivity contribution in [1.82, 2.24) is 30.0 Å². The van der Waals surface area contributed by atoms with E-state index >= 15 is 0 Å². The zero-order valence-electron chi connectivity index (χ0n) is 12.3. The molecule has 0 unspecified atom stereocenters. The summed E-state index contributed by atoms with van der Waals surface area (Å²) in [6.45, 7) is 0. The number of nitrogens with one attached hydrogen (secondary N) is 1. The molecule has 0 aliphatic carbocycles. The van der Waals surface area contributed by atoms with Crippen LogP contribution in [0.1, 0.15) is 0 Å². The lowest BCUT2D eigenvalue weighted by atomic mass is 10.0. The number of hydrogen-bond donors (Lipinski definition) is 1. The minimum atomic E-state index is -3.48. The molecule has 1 N–H and O–H groups in total. The number of aromatic amines is 1. The van der Waals surface area contributed by atoms with Crippen molar-refractivity contribution in [3.63, 3.8) is 0 Å². The van der Waals surface area contributed by atoms with Gasteiger partial charge in [0.2, 0.25) is 0 Å². The molecule has 3 aromatic heterocycles. The summed E-state index contributed by atoms with van der Waals surface area (Å²) in [5.74, 6) is 0.281. The Labute approximate surface area is 140 Å². The molecule has 8 nitrogen and oxygen atoms in total. The molecule has 4 rings (SSSR count). The predicted octanol–water partition coefficient (Wildman–Crippen LogP) is 1.94. The van der Waals surface area contributed by atoms with Gasteiger partial charge in [0.15, 0.2) is 15.7 Å². The first-order valence-electron chi connectivity index (χ1n) is 6.83. The fourth-order valence-corrected chi connectivity index (χ4v) is 4.25. The van der Waals surface area contributed by atoms with Gasteiger partial charge in [0.25, 0.3) is 0 Å². The molecule has 24 heavy (non-hydrogen) atoms. The van der Waals surface area contributed by atoms with Crippen LogP contribution in [0.3, 0.4) is 0 Å². The maximum absolute atomic E-state index is 12.2. The van der Waals surface area contributed by atoms with Crippen molar-refractivity contribution in [3.05, 3.63) is 36.5 Å². The van der Waals surface area contributed by atoms with Crippen LogP contribution in [-0.2, 0) is 9.84 Å². The molecule has 3 heterocycles. The van der Waals surface area contributed by atoms with Gasteiger partial charge in [-0.25, -0.2) is 13.5 Å². The van der Waals surface area contributed by atoms with Gasteiger partial charge in [-0.2, -0.15) is 4.37 Å². The summed E-state index contributed by atoms with van der Waals surface area (Å²) in [6, 6.07) is 8.70. The largest absolute Gasteiger partial charge is 0.253 e. The highest BCUT2D eigenvalue weighted by Gasteiger charge is 2.23. The van der Waals surface area contributed by atoms with E-state index < -0.39 is 9.84 Å². The Morgan fingerprint density at radius 2 is 2.04 bits per heavy atom. The molecule has 0 fully saturated rings. The van der Waals surface area contributed by atoms with Crippen molar-refractivity contribution in [2.45, 2.75) is 4.90 Å². The third-order valence-corrected chi connectivity index (χ3v) is 5.51. The number of rotatable bonds is 3. The van der Waals surface area contributed by atoms with Crippen molar-refractivity contribution in [1.29, 1.82) is 0 Å². The molecule has 0 saturated carbocycles. The zero-order chi connectivity index (χ0) is 16.7. The van der Waals surface area contributed by atoms with Gasteiger partial charge >= 0.3 is 0 Å². The van der Waals surface area contributed by atoms with Gasteiger partial charge in [0, 0.05) is 23.6 Å². The average molecular weight is 358 g/mol. The van der Waals surface area contributed by atoms with Crippen molar-refractivity contribution in [3.8, 4) is 21.8 Å². The molecule has 1 aromatic carbocycles. The molecule has 120 valence electrons. The summed E-state index contributed by atoms with van der Waals surface area (Å²) in [5, 5.41) is 13.7. The summed E-state index contributed by atoms with van der Waals surface area (Å²) in [5.41, 5.74) is 2.55. The number of aromatic nitrogens is 6. The van der Waals surface area contributed by atoms with E-state index in [9.17, 15) is 8.42 Å². The van der Waals surface area contributed by atoms with E-state index in [-0.39, 0.29) is 10.7 Å².